The number of rotatable bonds is 6. The van der Waals surface area contributed by atoms with Crippen LogP contribution in [0.2, 0.25) is 0 Å². The van der Waals surface area contributed by atoms with Gasteiger partial charge >= 0.3 is 0 Å². The third-order valence-electron chi connectivity index (χ3n) is 13.5. The first-order valence-corrected chi connectivity index (χ1v) is 16.9. The third kappa shape index (κ3) is 3.60. The van der Waals surface area contributed by atoms with E-state index >= 15 is 0 Å². The van der Waals surface area contributed by atoms with E-state index < -0.39 is 40.5 Å². The Bertz CT molecular complexity index is 1550. The zero-order chi connectivity index (χ0) is 31.2. The third-order valence-corrected chi connectivity index (χ3v) is 13.5. The van der Waals surface area contributed by atoms with Gasteiger partial charge in [-0.3, -0.25) is 0 Å². The Morgan fingerprint density at radius 3 is 2.57 bits per heavy atom. The van der Waals surface area contributed by atoms with Crippen LogP contribution in [0.15, 0.2) is 29.8 Å². The monoisotopic (exact) mass is 605 g/mol. The molecule has 2 aromatic rings. The lowest BCUT2D eigenvalue weighted by Crippen LogP contribution is -2.76. The molecule has 0 amide bonds. The molecule has 44 heavy (non-hydrogen) atoms. The Balaban J connectivity index is 1.12. The SMILES string of the molecule is CC(C)=CCOC(C)(C)C1OC2CCC3(C)C4(C)c5[nH]c6cc(CC7OC7(C)C)ccc6c5CC4CCC3(O)C23OC3C1O. The van der Waals surface area contributed by atoms with E-state index in [1.807, 2.05) is 19.9 Å². The molecule has 3 N–H and O–H groups in total. The smallest absolute Gasteiger partial charge is 0.152 e. The molecule has 4 heterocycles. The minimum absolute atomic E-state index is 0.0278. The van der Waals surface area contributed by atoms with Crippen LogP contribution in [0.3, 0.4) is 0 Å². The average molecular weight is 606 g/mol. The molecule has 8 rings (SSSR count). The second-order valence-corrected chi connectivity index (χ2v) is 16.7. The Hall–Kier alpha value is -1.74. The zero-order valence-electron chi connectivity index (χ0n) is 27.8. The van der Waals surface area contributed by atoms with Gasteiger partial charge in [0.15, 0.2) is 5.60 Å². The van der Waals surface area contributed by atoms with Crippen LogP contribution in [0.5, 0.6) is 0 Å². The van der Waals surface area contributed by atoms with Crippen LogP contribution in [0.4, 0.5) is 0 Å². The number of epoxide rings is 2. The first-order chi connectivity index (χ1) is 20.6. The van der Waals surface area contributed by atoms with Crippen molar-refractivity contribution in [1.29, 1.82) is 0 Å². The van der Waals surface area contributed by atoms with E-state index in [0.29, 0.717) is 18.9 Å². The molecule has 7 nitrogen and oxygen atoms in total. The van der Waals surface area contributed by atoms with Crippen molar-refractivity contribution in [2.75, 3.05) is 6.61 Å². The van der Waals surface area contributed by atoms with Crippen LogP contribution in [0.25, 0.3) is 10.9 Å². The highest BCUT2D eigenvalue weighted by Crippen LogP contribution is 2.75. The Morgan fingerprint density at radius 1 is 1.11 bits per heavy atom. The maximum absolute atomic E-state index is 13.1. The van der Waals surface area contributed by atoms with Crippen molar-refractivity contribution in [3.63, 3.8) is 0 Å². The lowest BCUT2D eigenvalue weighted by atomic mass is 9.40. The number of hydrogen-bond acceptors (Lipinski definition) is 6. The van der Waals surface area contributed by atoms with Gasteiger partial charge in [0.25, 0.3) is 0 Å². The molecular weight excluding hydrogens is 554 g/mol. The van der Waals surface area contributed by atoms with Gasteiger partial charge in [0.1, 0.15) is 23.9 Å². The fourth-order valence-corrected chi connectivity index (χ4v) is 10.5. The van der Waals surface area contributed by atoms with Crippen molar-refractivity contribution in [2.45, 2.75) is 152 Å². The highest BCUT2D eigenvalue weighted by Gasteiger charge is 2.86. The number of fused-ring (bicyclic) bond motifs is 7. The van der Waals surface area contributed by atoms with E-state index in [4.69, 9.17) is 18.9 Å². The minimum atomic E-state index is -1.13. The van der Waals surface area contributed by atoms with Crippen LogP contribution in [0.1, 0.15) is 97.9 Å². The summed E-state index contributed by atoms with van der Waals surface area (Å²) in [5.74, 6) is 0.438. The van der Waals surface area contributed by atoms with Crippen LogP contribution in [-0.2, 0) is 37.2 Å². The van der Waals surface area contributed by atoms with Crippen molar-refractivity contribution in [3.05, 3.63) is 46.7 Å². The molecule has 1 aromatic carbocycles. The summed E-state index contributed by atoms with van der Waals surface area (Å²) in [6.45, 7) is 17.5. The van der Waals surface area contributed by atoms with Crippen LogP contribution in [0, 0.1) is 11.3 Å². The molecular formula is C37H51NO6. The number of H-pyrrole nitrogens is 1. The molecule has 10 atom stereocenters. The van der Waals surface area contributed by atoms with E-state index in [-0.39, 0.29) is 23.2 Å². The quantitative estimate of drug-likeness (QED) is 0.290. The molecule has 6 aliphatic rings. The largest absolute Gasteiger partial charge is 0.387 e. The molecule has 3 aliphatic carbocycles. The lowest BCUT2D eigenvalue weighted by Gasteiger charge is -2.66. The molecule has 2 saturated carbocycles. The molecule has 7 heteroatoms. The maximum Gasteiger partial charge on any atom is 0.152 e. The minimum Gasteiger partial charge on any atom is -0.387 e. The van der Waals surface area contributed by atoms with Crippen LogP contribution in [-0.4, -0.2) is 74.7 Å². The van der Waals surface area contributed by atoms with E-state index in [1.165, 1.54) is 33.3 Å². The van der Waals surface area contributed by atoms with Crippen molar-refractivity contribution in [2.24, 2.45) is 11.3 Å². The summed E-state index contributed by atoms with van der Waals surface area (Å²) < 4.78 is 25.5. The van der Waals surface area contributed by atoms with Gasteiger partial charge in [-0.2, -0.15) is 0 Å². The summed E-state index contributed by atoms with van der Waals surface area (Å²) in [6.07, 6.45) is 5.28. The Kier molecular flexibility index (Phi) is 6.06. The molecule has 3 saturated heterocycles. The summed E-state index contributed by atoms with van der Waals surface area (Å²) in [6, 6.07) is 6.88. The molecule has 1 spiro atoms. The summed E-state index contributed by atoms with van der Waals surface area (Å²) in [4.78, 5) is 3.91. The number of nitrogens with one attached hydrogen (secondary N) is 1. The van der Waals surface area contributed by atoms with Crippen LogP contribution >= 0.6 is 0 Å². The lowest BCUT2D eigenvalue weighted by molar-refractivity contribution is -0.283. The van der Waals surface area contributed by atoms with Crippen molar-refractivity contribution < 1.29 is 29.2 Å². The van der Waals surface area contributed by atoms with E-state index in [1.54, 1.807) is 0 Å². The standard InChI is InChI=1S/C37H51NO6/c1-20(2)13-16-41-33(5,6)30-28(39)31-37(44-31)26(42-30)12-14-34(7)35(8)22(11-15-36(34,37)40)19-24-23-10-9-21(17-25(23)38-29(24)35)18-27-32(3,4)43-27/h9-10,13,17,22,26-28,30-31,38-40H,11-12,14-16,18-19H2,1-8H3. The van der Waals surface area contributed by atoms with Gasteiger partial charge in [0.05, 0.1) is 30.0 Å². The number of aliphatic hydroxyl groups excluding tert-OH is 1. The number of hydrogen-bond donors (Lipinski definition) is 3. The number of aliphatic hydroxyl groups is 2. The van der Waals surface area contributed by atoms with Crippen molar-refractivity contribution >= 4 is 10.9 Å². The zero-order valence-corrected chi connectivity index (χ0v) is 27.8. The van der Waals surface area contributed by atoms with Crippen molar-refractivity contribution in [3.8, 4) is 0 Å². The van der Waals surface area contributed by atoms with E-state index in [0.717, 1.165) is 32.1 Å². The van der Waals surface area contributed by atoms with Gasteiger partial charge in [0.2, 0.25) is 0 Å². The second-order valence-electron chi connectivity index (χ2n) is 16.7. The molecule has 3 aliphatic heterocycles. The number of benzene rings is 1. The Labute approximate surface area is 261 Å². The first-order valence-electron chi connectivity index (χ1n) is 16.9. The van der Waals surface area contributed by atoms with Crippen LogP contribution < -0.4 is 0 Å². The Morgan fingerprint density at radius 2 is 1.86 bits per heavy atom. The molecule has 5 fully saturated rings. The highest BCUT2D eigenvalue weighted by molar-refractivity contribution is 5.87. The van der Waals surface area contributed by atoms with Gasteiger partial charge in [-0.1, -0.05) is 37.6 Å². The molecule has 10 unspecified atom stereocenters. The molecule has 0 bridgehead atoms. The normalized spacial score (nSPS) is 44.7. The number of aromatic nitrogens is 1. The molecule has 0 radical (unpaired) electrons. The summed E-state index contributed by atoms with van der Waals surface area (Å²) in [5, 5.41) is 26.1. The number of ether oxygens (including phenoxy) is 4. The van der Waals surface area contributed by atoms with Gasteiger partial charge < -0.3 is 34.1 Å². The van der Waals surface area contributed by atoms with Gasteiger partial charge in [-0.15, -0.1) is 0 Å². The predicted octanol–water partition coefficient (Wildman–Crippen LogP) is 5.67. The van der Waals surface area contributed by atoms with E-state index in [9.17, 15) is 10.2 Å². The number of allylic oxidation sites excluding steroid dienone is 1. The predicted molar refractivity (Wildman–Crippen MR) is 169 cm³/mol. The van der Waals surface area contributed by atoms with Gasteiger partial charge in [0, 0.05) is 33.8 Å². The molecule has 240 valence electrons. The van der Waals surface area contributed by atoms with Gasteiger partial charge in [-0.05, 0) is 96.8 Å². The summed E-state index contributed by atoms with van der Waals surface area (Å²) >= 11 is 0. The number of aromatic amines is 1. The molecule has 1 aromatic heterocycles. The average Bonchev–Trinajstić information content (AvgIpc) is 3.76. The van der Waals surface area contributed by atoms with Gasteiger partial charge in [-0.25, -0.2) is 0 Å². The highest BCUT2D eigenvalue weighted by atomic mass is 16.7. The fraction of sp³-hybridized carbons (Fsp3) is 0.730. The maximum atomic E-state index is 13.1. The summed E-state index contributed by atoms with van der Waals surface area (Å²) in [5.41, 5.74) is 2.88. The fourth-order valence-electron chi connectivity index (χ4n) is 10.5. The first kappa shape index (κ1) is 29.6. The topological polar surface area (TPSA) is 99.8 Å². The second kappa shape index (κ2) is 8.99. The van der Waals surface area contributed by atoms with Crippen molar-refractivity contribution in [1.82, 2.24) is 4.98 Å². The van der Waals surface area contributed by atoms with E-state index in [2.05, 4.69) is 64.7 Å². The summed E-state index contributed by atoms with van der Waals surface area (Å²) in [7, 11) is 0.